The van der Waals surface area contributed by atoms with Gasteiger partial charge in [0.1, 0.15) is 23.0 Å². The average molecular weight is 1340 g/mol. The number of allylic oxidation sites excluding steroid dienone is 2. The molecule has 2 saturated carbocycles. The van der Waals surface area contributed by atoms with Gasteiger partial charge in [-0.25, -0.2) is 0 Å². The van der Waals surface area contributed by atoms with Gasteiger partial charge in [0.2, 0.25) is 0 Å². The summed E-state index contributed by atoms with van der Waals surface area (Å²) in [6.07, 6.45) is 35.9. The van der Waals surface area contributed by atoms with Crippen molar-refractivity contribution in [2.45, 2.75) is 185 Å². The zero-order valence-corrected chi connectivity index (χ0v) is 60.1. The van der Waals surface area contributed by atoms with Gasteiger partial charge in [-0.15, -0.1) is 0 Å². The number of aromatic nitrogens is 3. The van der Waals surface area contributed by atoms with Gasteiger partial charge in [-0.05, 0) is 252 Å². The monoisotopic (exact) mass is 1340 g/mol. The van der Waals surface area contributed by atoms with E-state index in [4.69, 9.17) is 30.5 Å². The highest BCUT2D eigenvalue weighted by Gasteiger charge is 2.37. The molecule has 3 heterocycles. The van der Waals surface area contributed by atoms with Crippen molar-refractivity contribution in [1.29, 1.82) is 0 Å². The minimum Gasteiger partial charge on any atom is -0.497 e. The first-order valence-electron chi connectivity index (χ1n) is 37.1. The minimum absolute atomic E-state index is 0.259. The molecule has 3 aromatic heterocycles. The molecule has 11 aromatic rings. The molecule has 0 N–H and O–H groups in total. The quantitative estimate of drug-likeness (QED) is 0.128. The van der Waals surface area contributed by atoms with Gasteiger partial charge in [0.25, 0.3) is 0 Å². The molecule has 2 fully saturated rings. The highest BCUT2D eigenvalue weighted by atomic mass is 35.5. The summed E-state index contributed by atoms with van der Waals surface area (Å²) in [5.41, 5.74) is 25.4. The standard InChI is InChI=1S/C31H40NOP.2C19H19NO.C13H14.C7H7ClO/c1-33-30-22-12-21-29(32-27-19-10-8-17-25(27)26-18-9-11-20-28(26)32)31(30)34(23-13-4-2-5-14-23)24-15-6-3-7-16-24;2*1-21-15-8-6-7-14(13-15)20-18-11-4-2-9-16(18)17-10-3-5-12-19(17)20;1-3-7-12-10(5-1)9-11-6-2-4-8-13(11)12;1-9-7-4-2-3-6(8)5-7/h8,10,12,17,19,21-24H,2-7,9,11,13-16,18,20H2,1H3;2*2,4,6-9,11,13H,3,5,10,12H2,1H3;1,3,5,7H,2,4,6,8-9H2;2-5H,1H3. The molecular weight excluding hydrogens is 1240 g/mol. The number of ether oxygens (including phenoxy) is 4. The van der Waals surface area contributed by atoms with Crippen LogP contribution in [0.3, 0.4) is 0 Å². The van der Waals surface area contributed by atoms with Gasteiger partial charge in [0.15, 0.2) is 0 Å². The van der Waals surface area contributed by atoms with Crippen LogP contribution in [0, 0.1) is 0 Å². The number of nitrogens with zero attached hydrogens (tertiary/aromatic N) is 3. The summed E-state index contributed by atoms with van der Waals surface area (Å²) in [5, 5.41) is 6.60. The van der Waals surface area contributed by atoms with Crippen LogP contribution in [0.4, 0.5) is 0 Å². The molecule has 0 radical (unpaired) electrons. The molecule has 0 atom stereocenters. The molecule has 18 rings (SSSR count). The smallest absolute Gasteiger partial charge is 0.128 e. The Labute approximate surface area is 588 Å². The van der Waals surface area contributed by atoms with Gasteiger partial charge in [0, 0.05) is 67.1 Å². The molecule has 0 unspecified atom stereocenters. The van der Waals surface area contributed by atoms with Crippen molar-refractivity contribution in [2.75, 3.05) is 28.4 Å². The molecule has 7 nitrogen and oxygen atoms in total. The normalized spacial score (nSPS) is 16.5. The molecule has 0 aliphatic heterocycles. The van der Waals surface area contributed by atoms with E-state index in [9.17, 15) is 0 Å². The summed E-state index contributed by atoms with van der Waals surface area (Å²) in [5.74, 6) is 3.77. The Balaban J connectivity index is 0.000000112. The first-order valence-corrected chi connectivity index (χ1v) is 38.9. The number of halogens is 1. The predicted octanol–water partition coefficient (Wildman–Crippen LogP) is 23.2. The van der Waals surface area contributed by atoms with Crippen LogP contribution in [-0.4, -0.2) is 53.5 Å². The summed E-state index contributed by atoms with van der Waals surface area (Å²) in [4.78, 5) is 0. The second-order valence-electron chi connectivity index (χ2n) is 28.0. The van der Waals surface area contributed by atoms with E-state index in [1.807, 2.05) is 37.4 Å². The van der Waals surface area contributed by atoms with Crippen LogP contribution in [0.1, 0.15) is 173 Å². The van der Waals surface area contributed by atoms with Crippen molar-refractivity contribution in [2.24, 2.45) is 0 Å². The van der Waals surface area contributed by atoms with Gasteiger partial charge in [-0.1, -0.05) is 167 Å². The Bertz CT molecular complexity index is 4420. The van der Waals surface area contributed by atoms with E-state index >= 15 is 0 Å². The van der Waals surface area contributed by atoms with E-state index in [0.717, 1.165) is 34.3 Å². The lowest BCUT2D eigenvalue weighted by atomic mass is 9.92. The Morgan fingerprint density at radius 1 is 0.367 bits per heavy atom. The van der Waals surface area contributed by atoms with Crippen molar-refractivity contribution in [3.8, 4) is 40.1 Å². The first-order chi connectivity index (χ1) is 48.4. The van der Waals surface area contributed by atoms with Crippen molar-refractivity contribution >= 4 is 63.1 Å². The van der Waals surface area contributed by atoms with Crippen LogP contribution in [-0.2, 0) is 44.9 Å². The molecule has 8 aromatic carbocycles. The van der Waals surface area contributed by atoms with Crippen LogP contribution >= 0.6 is 19.5 Å². The number of para-hydroxylation sites is 3. The van der Waals surface area contributed by atoms with Crippen molar-refractivity contribution < 1.29 is 18.9 Å². The second-order valence-corrected chi connectivity index (χ2v) is 31.1. The molecular formula is C89H99ClN3O4P. The van der Waals surface area contributed by atoms with Crippen LogP contribution in [0.5, 0.6) is 23.0 Å². The summed E-state index contributed by atoms with van der Waals surface area (Å²) >= 11 is 5.64. The van der Waals surface area contributed by atoms with Crippen LogP contribution in [0.25, 0.3) is 55.3 Å². The number of rotatable bonds is 10. The third-order valence-electron chi connectivity index (χ3n) is 22.2. The van der Waals surface area contributed by atoms with E-state index in [-0.39, 0.29) is 7.92 Å². The zero-order chi connectivity index (χ0) is 66.7. The highest BCUT2D eigenvalue weighted by molar-refractivity contribution is 7.67. The Morgan fingerprint density at radius 3 is 1.30 bits per heavy atom. The van der Waals surface area contributed by atoms with E-state index < -0.39 is 0 Å². The minimum atomic E-state index is -0.259. The largest absolute Gasteiger partial charge is 0.497 e. The predicted molar refractivity (Wildman–Crippen MR) is 413 cm³/mol. The SMILES string of the molecule is COc1cccc(-n2c3c(c4ccccc42)CCCC3)c1.COc1cccc(-n2c3c(c4ccccc42)CCCC3)c1.COc1cccc(-n2c3c(c4ccccc42)CCCC3)c1P(C1CCCCC1)C1CCCCC1.COc1cccc(Cl)c1.c1ccc2c(c1)CC1=C2CCCC1. The van der Waals surface area contributed by atoms with Crippen LogP contribution < -0.4 is 24.3 Å². The first kappa shape index (κ1) is 67.2. The van der Waals surface area contributed by atoms with Gasteiger partial charge < -0.3 is 32.6 Å². The van der Waals surface area contributed by atoms with E-state index in [0.29, 0.717) is 5.02 Å². The van der Waals surface area contributed by atoms with Gasteiger partial charge in [-0.3, -0.25) is 0 Å². The zero-order valence-electron chi connectivity index (χ0n) is 58.4. The Hall–Kier alpha value is -7.96. The third kappa shape index (κ3) is 14.3. The Morgan fingerprint density at radius 2 is 0.796 bits per heavy atom. The maximum Gasteiger partial charge on any atom is 0.128 e. The summed E-state index contributed by atoms with van der Waals surface area (Å²) in [6, 6.07) is 66.6. The summed E-state index contributed by atoms with van der Waals surface area (Å²) in [7, 11) is 6.71. The topological polar surface area (TPSA) is 51.7 Å². The van der Waals surface area contributed by atoms with Crippen LogP contribution in [0.2, 0.25) is 5.02 Å². The summed E-state index contributed by atoms with van der Waals surface area (Å²) in [6.45, 7) is 0. The van der Waals surface area contributed by atoms with Crippen LogP contribution in [0.15, 0.2) is 194 Å². The molecule has 7 aliphatic carbocycles. The van der Waals surface area contributed by atoms with Gasteiger partial charge in [-0.2, -0.15) is 0 Å². The molecule has 0 amide bonds. The molecule has 0 bridgehead atoms. The summed E-state index contributed by atoms with van der Waals surface area (Å²) < 4.78 is 29.4. The number of hydrogen-bond donors (Lipinski definition) is 0. The fourth-order valence-corrected chi connectivity index (χ4v) is 21.8. The fourth-order valence-electron chi connectivity index (χ4n) is 17.6. The van der Waals surface area contributed by atoms with Crippen molar-refractivity contribution in [1.82, 2.24) is 13.7 Å². The lowest BCUT2D eigenvalue weighted by Gasteiger charge is -2.40. The molecule has 7 aliphatic rings. The maximum absolute atomic E-state index is 6.21. The lowest BCUT2D eigenvalue weighted by molar-refractivity contribution is 0.414. The maximum atomic E-state index is 6.21. The number of fused-ring (bicyclic) bond motifs is 11. The van der Waals surface area contributed by atoms with Crippen molar-refractivity contribution in [3.63, 3.8) is 0 Å². The lowest BCUT2D eigenvalue weighted by Crippen LogP contribution is -2.29. The molecule has 98 heavy (non-hydrogen) atoms. The number of benzene rings is 8. The second kappa shape index (κ2) is 31.9. The molecule has 0 saturated heterocycles. The van der Waals surface area contributed by atoms with Gasteiger partial charge >= 0.3 is 0 Å². The fraction of sp³-hybridized carbons (Fsp3) is 0.371. The molecule has 506 valence electrons. The van der Waals surface area contributed by atoms with Gasteiger partial charge in [0.05, 0.1) is 50.7 Å². The number of aryl methyl sites for hydroxylation is 3. The Kier molecular flexibility index (Phi) is 21.9. The van der Waals surface area contributed by atoms with E-state index in [1.54, 1.807) is 77.4 Å². The van der Waals surface area contributed by atoms with E-state index in [2.05, 4.69) is 165 Å². The number of hydrogen-bond acceptors (Lipinski definition) is 4. The van der Waals surface area contributed by atoms with E-state index in [1.165, 1.54) is 235 Å². The average Bonchev–Trinajstić information content (AvgIpc) is 1.60. The number of methoxy groups -OCH3 is 4. The molecule has 0 spiro atoms. The third-order valence-corrected chi connectivity index (χ3v) is 26.0. The molecule has 9 heteroatoms. The highest BCUT2D eigenvalue weighted by Crippen LogP contribution is 2.58. The van der Waals surface area contributed by atoms with Crippen molar-refractivity contribution in [3.05, 3.63) is 244 Å².